The monoisotopic (exact) mass is 296 g/mol. The number of unbranched alkanes of at least 4 members (excludes halogenated alkanes) is 1. The van der Waals surface area contributed by atoms with Gasteiger partial charge in [0.15, 0.2) is 0 Å². The van der Waals surface area contributed by atoms with Gasteiger partial charge in [0.2, 0.25) is 0 Å². The first kappa shape index (κ1) is 17.6. The Morgan fingerprint density at radius 2 is 1.95 bits per heavy atom. The molecule has 0 bridgehead atoms. The van der Waals surface area contributed by atoms with E-state index >= 15 is 0 Å². The first-order valence-corrected chi connectivity index (χ1v) is 7.25. The Hall–Kier alpha value is -1.50. The van der Waals surface area contributed by atoms with Crippen LogP contribution in [0.4, 0.5) is 5.69 Å². The van der Waals surface area contributed by atoms with E-state index in [1.165, 1.54) is 12.1 Å². The van der Waals surface area contributed by atoms with Crippen LogP contribution in [-0.4, -0.2) is 35.8 Å². The highest BCUT2D eigenvalue weighted by Crippen LogP contribution is 2.17. The van der Waals surface area contributed by atoms with Crippen LogP contribution in [0.1, 0.15) is 38.4 Å². The first-order chi connectivity index (χ1) is 10.0. The average molecular weight is 296 g/mol. The maximum absolute atomic E-state index is 10.5. The third-order valence-electron chi connectivity index (χ3n) is 3.03. The van der Waals surface area contributed by atoms with Crippen molar-refractivity contribution < 1.29 is 14.8 Å². The van der Waals surface area contributed by atoms with E-state index < -0.39 is 11.0 Å². The van der Waals surface area contributed by atoms with Crippen molar-refractivity contribution >= 4 is 5.69 Å². The molecule has 0 aliphatic rings. The second-order valence-electron chi connectivity index (χ2n) is 5.20. The van der Waals surface area contributed by atoms with Gasteiger partial charge < -0.3 is 15.2 Å². The van der Waals surface area contributed by atoms with E-state index in [1.807, 2.05) is 13.8 Å². The van der Waals surface area contributed by atoms with Gasteiger partial charge in [0.05, 0.1) is 17.1 Å². The van der Waals surface area contributed by atoms with E-state index in [4.69, 9.17) is 4.74 Å². The summed E-state index contributed by atoms with van der Waals surface area (Å²) in [6.07, 6.45) is 1.58. The molecule has 1 unspecified atom stereocenters. The Bertz CT molecular complexity index is 420. The summed E-state index contributed by atoms with van der Waals surface area (Å²) in [7, 11) is 0. The molecule has 1 rings (SSSR count). The zero-order valence-corrected chi connectivity index (χ0v) is 12.6. The molecule has 0 spiro atoms. The Morgan fingerprint density at radius 1 is 1.29 bits per heavy atom. The first-order valence-electron chi connectivity index (χ1n) is 7.25. The SMILES string of the molecule is CC(C)OCCCCNCC(O)c1ccc([N+](=O)[O-])cc1. The number of rotatable bonds is 10. The summed E-state index contributed by atoms with van der Waals surface area (Å²) in [4.78, 5) is 10.1. The molecule has 1 atom stereocenters. The van der Waals surface area contributed by atoms with Crippen LogP contribution in [0.5, 0.6) is 0 Å². The van der Waals surface area contributed by atoms with Gasteiger partial charge in [-0.15, -0.1) is 0 Å². The molecule has 0 amide bonds. The molecule has 0 aromatic heterocycles. The van der Waals surface area contributed by atoms with Gasteiger partial charge >= 0.3 is 0 Å². The van der Waals surface area contributed by atoms with Crippen molar-refractivity contribution in [3.8, 4) is 0 Å². The molecule has 0 saturated carbocycles. The lowest BCUT2D eigenvalue weighted by Crippen LogP contribution is -2.22. The van der Waals surface area contributed by atoms with E-state index in [0.717, 1.165) is 26.0 Å². The Labute approximate surface area is 125 Å². The van der Waals surface area contributed by atoms with E-state index in [1.54, 1.807) is 12.1 Å². The molecule has 0 heterocycles. The molecule has 0 fully saturated rings. The zero-order chi connectivity index (χ0) is 15.7. The zero-order valence-electron chi connectivity index (χ0n) is 12.6. The number of nitrogens with zero attached hydrogens (tertiary/aromatic N) is 1. The summed E-state index contributed by atoms with van der Waals surface area (Å²) < 4.78 is 5.44. The van der Waals surface area contributed by atoms with E-state index in [2.05, 4.69) is 5.32 Å². The third-order valence-corrected chi connectivity index (χ3v) is 3.03. The van der Waals surface area contributed by atoms with Gasteiger partial charge in [-0.25, -0.2) is 0 Å². The Morgan fingerprint density at radius 3 is 2.52 bits per heavy atom. The van der Waals surface area contributed by atoms with Crippen LogP contribution >= 0.6 is 0 Å². The van der Waals surface area contributed by atoms with Gasteiger partial charge in [-0.1, -0.05) is 0 Å². The summed E-state index contributed by atoms with van der Waals surface area (Å²) in [5.74, 6) is 0. The molecule has 0 aliphatic carbocycles. The fourth-order valence-corrected chi connectivity index (χ4v) is 1.85. The summed E-state index contributed by atoms with van der Waals surface area (Å²) in [5.41, 5.74) is 0.709. The van der Waals surface area contributed by atoms with Crippen LogP contribution in [0, 0.1) is 10.1 Å². The number of nitro groups is 1. The predicted molar refractivity (Wildman–Crippen MR) is 81.2 cm³/mol. The van der Waals surface area contributed by atoms with Crippen LogP contribution in [0.2, 0.25) is 0 Å². The van der Waals surface area contributed by atoms with Gasteiger partial charge in [0, 0.05) is 25.3 Å². The summed E-state index contributed by atoms with van der Waals surface area (Å²) in [5, 5.41) is 23.7. The van der Waals surface area contributed by atoms with Crippen LogP contribution < -0.4 is 5.32 Å². The number of nitrogens with one attached hydrogen (secondary N) is 1. The summed E-state index contributed by atoms with van der Waals surface area (Å²) in [6.45, 7) is 6.02. The number of aliphatic hydroxyl groups excluding tert-OH is 1. The molecule has 0 aliphatic heterocycles. The second kappa shape index (κ2) is 9.44. The van der Waals surface area contributed by atoms with E-state index in [9.17, 15) is 15.2 Å². The van der Waals surface area contributed by atoms with Crippen LogP contribution in [0.3, 0.4) is 0 Å². The number of non-ortho nitro benzene ring substituents is 1. The van der Waals surface area contributed by atoms with Gasteiger partial charge in [0.1, 0.15) is 0 Å². The minimum atomic E-state index is -0.655. The van der Waals surface area contributed by atoms with Crippen molar-refractivity contribution in [2.45, 2.75) is 38.9 Å². The normalized spacial score (nSPS) is 12.6. The van der Waals surface area contributed by atoms with Crippen molar-refractivity contribution in [1.29, 1.82) is 0 Å². The number of nitro benzene ring substituents is 1. The predicted octanol–water partition coefficient (Wildman–Crippen LogP) is 2.42. The molecule has 21 heavy (non-hydrogen) atoms. The lowest BCUT2D eigenvalue weighted by atomic mass is 10.1. The molecule has 2 N–H and O–H groups in total. The topological polar surface area (TPSA) is 84.6 Å². The van der Waals surface area contributed by atoms with Gasteiger partial charge in [-0.2, -0.15) is 0 Å². The maximum atomic E-state index is 10.5. The van der Waals surface area contributed by atoms with Crippen molar-refractivity contribution in [2.24, 2.45) is 0 Å². The van der Waals surface area contributed by atoms with Crippen molar-refractivity contribution in [2.75, 3.05) is 19.7 Å². The molecule has 1 aromatic carbocycles. The van der Waals surface area contributed by atoms with Crippen molar-refractivity contribution in [1.82, 2.24) is 5.32 Å². The number of hydrogen-bond donors (Lipinski definition) is 2. The smallest absolute Gasteiger partial charge is 0.269 e. The number of benzene rings is 1. The number of hydrogen-bond acceptors (Lipinski definition) is 5. The molecule has 118 valence electrons. The minimum Gasteiger partial charge on any atom is -0.387 e. The third kappa shape index (κ3) is 7.17. The minimum absolute atomic E-state index is 0.0315. The van der Waals surface area contributed by atoms with Gasteiger partial charge in [-0.3, -0.25) is 10.1 Å². The molecular weight excluding hydrogens is 272 g/mol. The van der Waals surface area contributed by atoms with Crippen LogP contribution in [0.15, 0.2) is 24.3 Å². The molecule has 0 radical (unpaired) electrons. The highest BCUT2D eigenvalue weighted by molar-refractivity contribution is 5.33. The second-order valence-corrected chi connectivity index (χ2v) is 5.20. The molecule has 1 aromatic rings. The van der Waals surface area contributed by atoms with E-state index in [0.29, 0.717) is 12.1 Å². The maximum Gasteiger partial charge on any atom is 0.269 e. The van der Waals surface area contributed by atoms with Crippen LogP contribution in [-0.2, 0) is 4.74 Å². The summed E-state index contributed by atoms with van der Waals surface area (Å²) >= 11 is 0. The number of ether oxygens (including phenoxy) is 1. The van der Waals surface area contributed by atoms with Gasteiger partial charge in [0.25, 0.3) is 5.69 Å². The van der Waals surface area contributed by atoms with Gasteiger partial charge in [-0.05, 0) is 50.9 Å². The average Bonchev–Trinajstić information content (AvgIpc) is 2.45. The lowest BCUT2D eigenvalue weighted by Gasteiger charge is -2.12. The quantitative estimate of drug-likeness (QED) is 0.393. The fraction of sp³-hybridized carbons (Fsp3) is 0.600. The van der Waals surface area contributed by atoms with Crippen LogP contribution in [0.25, 0.3) is 0 Å². The van der Waals surface area contributed by atoms with E-state index in [-0.39, 0.29) is 11.8 Å². The number of aliphatic hydroxyl groups is 1. The standard InChI is InChI=1S/C15H24N2O4/c1-12(2)21-10-4-3-9-16-11-15(18)13-5-7-14(8-6-13)17(19)20/h5-8,12,15-16,18H,3-4,9-11H2,1-2H3. The summed E-state index contributed by atoms with van der Waals surface area (Å²) in [6, 6.07) is 5.98. The molecule has 6 nitrogen and oxygen atoms in total. The highest BCUT2D eigenvalue weighted by atomic mass is 16.6. The molecule has 6 heteroatoms. The Kier molecular flexibility index (Phi) is 7.89. The molecular formula is C15H24N2O4. The van der Waals surface area contributed by atoms with Crippen molar-refractivity contribution in [3.05, 3.63) is 39.9 Å². The Balaban J connectivity index is 2.18. The highest BCUT2D eigenvalue weighted by Gasteiger charge is 2.09. The largest absolute Gasteiger partial charge is 0.387 e. The van der Waals surface area contributed by atoms with Crippen molar-refractivity contribution in [3.63, 3.8) is 0 Å². The lowest BCUT2D eigenvalue weighted by molar-refractivity contribution is -0.384. The fourth-order valence-electron chi connectivity index (χ4n) is 1.85. The molecule has 0 saturated heterocycles.